The van der Waals surface area contributed by atoms with Gasteiger partial charge in [0, 0.05) is 19.8 Å². The Morgan fingerprint density at radius 1 is 1.88 bits per heavy atom. The normalized spacial score (nSPS) is 18.6. The molecule has 0 spiro atoms. The second kappa shape index (κ2) is 1.86. The maximum Gasteiger partial charge on any atom is 0.195 e. The molecule has 0 saturated carbocycles. The van der Waals surface area contributed by atoms with Gasteiger partial charge in [-0.15, -0.1) is 0 Å². The molecule has 3 nitrogen and oxygen atoms in total. The molecule has 0 aromatic carbocycles. The first-order valence-corrected chi connectivity index (χ1v) is 2.50. The number of hydrogen-bond acceptors (Lipinski definition) is 3. The minimum Gasteiger partial charge on any atom is -0.370 e. The molecule has 0 fully saturated rings. The molecule has 1 rings (SSSR count). The second-order valence-corrected chi connectivity index (χ2v) is 1.75. The summed E-state index contributed by atoms with van der Waals surface area (Å²) in [5.41, 5.74) is 5.40. The SMILES string of the molecule is CN1CC=CN=C1N. The smallest absolute Gasteiger partial charge is 0.195 e. The zero-order valence-electron chi connectivity index (χ0n) is 4.83. The Bertz CT molecular complexity index is 137. The highest BCUT2D eigenvalue weighted by atomic mass is 15.2. The highest BCUT2D eigenvalue weighted by Crippen LogP contribution is 1.90. The average Bonchev–Trinajstić information content (AvgIpc) is 1.77. The summed E-state index contributed by atoms with van der Waals surface area (Å²) in [5, 5.41) is 0. The molecule has 0 aliphatic carbocycles. The van der Waals surface area contributed by atoms with E-state index in [1.807, 2.05) is 18.0 Å². The molecular weight excluding hydrogens is 102 g/mol. The van der Waals surface area contributed by atoms with E-state index in [0.717, 1.165) is 6.54 Å². The maximum atomic E-state index is 5.40. The molecule has 44 valence electrons. The average molecular weight is 111 g/mol. The summed E-state index contributed by atoms with van der Waals surface area (Å²) < 4.78 is 0. The fraction of sp³-hybridized carbons (Fsp3) is 0.400. The fourth-order valence-corrected chi connectivity index (χ4v) is 0.526. The van der Waals surface area contributed by atoms with Gasteiger partial charge in [-0.2, -0.15) is 0 Å². The van der Waals surface area contributed by atoms with Gasteiger partial charge in [0.25, 0.3) is 0 Å². The number of nitrogens with zero attached hydrogens (tertiary/aromatic N) is 2. The van der Waals surface area contributed by atoms with Gasteiger partial charge >= 0.3 is 0 Å². The number of aliphatic imine (C=N–C) groups is 1. The van der Waals surface area contributed by atoms with Gasteiger partial charge in [-0.25, -0.2) is 4.99 Å². The molecular formula is C5H9N3. The van der Waals surface area contributed by atoms with Gasteiger partial charge in [-0.05, 0) is 6.08 Å². The molecule has 3 heteroatoms. The van der Waals surface area contributed by atoms with Crippen molar-refractivity contribution in [2.45, 2.75) is 0 Å². The van der Waals surface area contributed by atoms with Crippen LogP contribution in [0.25, 0.3) is 0 Å². The molecule has 0 amide bonds. The molecule has 0 atom stereocenters. The van der Waals surface area contributed by atoms with Crippen molar-refractivity contribution in [2.75, 3.05) is 13.6 Å². The molecule has 2 N–H and O–H groups in total. The van der Waals surface area contributed by atoms with Crippen LogP contribution in [0.2, 0.25) is 0 Å². The van der Waals surface area contributed by atoms with Crippen molar-refractivity contribution in [3.8, 4) is 0 Å². The van der Waals surface area contributed by atoms with Gasteiger partial charge in [-0.1, -0.05) is 0 Å². The quantitative estimate of drug-likeness (QED) is 0.468. The number of hydrogen-bond donors (Lipinski definition) is 1. The predicted molar refractivity (Wildman–Crippen MR) is 33.4 cm³/mol. The second-order valence-electron chi connectivity index (χ2n) is 1.75. The highest BCUT2D eigenvalue weighted by molar-refractivity contribution is 5.79. The summed E-state index contributed by atoms with van der Waals surface area (Å²) >= 11 is 0. The van der Waals surface area contributed by atoms with Crippen molar-refractivity contribution in [1.29, 1.82) is 0 Å². The lowest BCUT2D eigenvalue weighted by Gasteiger charge is -2.16. The zero-order valence-corrected chi connectivity index (χ0v) is 4.83. The Morgan fingerprint density at radius 2 is 2.62 bits per heavy atom. The summed E-state index contributed by atoms with van der Waals surface area (Å²) in [6, 6.07) is 0. The minimum atomic E-state index is 0.590. The van der Waals surface area contributed by atoms with Crippen LogP contribution in [0.4, 0.5) is 0 Å². The Hall–Kier alpha value is -0.990. The minimum absolute atomic E-state index is 0.590. The van der Waals surface area contributed by atoms with E-state index in [9.17, 15) is 0 Å². The monoisotopic (exact) mass is 111 g/mol. The van der Waals surface area contributed by atoms with E-state index in [2.05, 4.69) is 4.99 Å². The largest absolute Gasteiger partial charge is 0.370 e. The van der Waals surface area contributed by atoms with E-state index in [4.69, 9.17) is 5.73 Å². The van der Waals surface area contributed by atoms with Gasteiger partial charge in [-0.3, -0.25) is 0 Å². The summed E-state index contributed by atoms with van der Waals surface area (Å²) in [4.78, 5) is 5.73. The number of guanidine groups is 1. The highest BCUT2D eigenvalue weighted by Gasteiger charge is 1.99. The first kappa shape index (κ1) is 5.15. The van der Waals surface area contributed by atoms with Crippen LogP contribution >= 0.6 is 0 Å². The van der Waals surface area contributed by atoms with Gasteiger partial charge in [0.15, 0.2) is 5.96 Å². The van der Waals surface area contributed by atoms with Crippen LogP contribution < -0.4 is 5.73 Å². The van der Waals surface area contributed by atoms with Crippen molar-refractivity contribution in [2.24, 2.45) is 10.7 Å². The maximum absolute atomic E-state index is 5.40. The molecule has 0 radical (unpaired) electrons. The van der Waals surface area contributed by atoms with Gasteiger partial charge in [0.2, 0.25) is 0 Å². The Labute approximate surface area is 48.5 Å². The molecule has 0 unspecified atom stereocenters. The van der Waals surface area contributed by atoms with Gasteiger partial charge < -0.3 is 10.6 Å². The standard InChI is InChI=1S/C5H9N3/c1-8-4-2-3-7-5(8)6/h2-3H,4H2,1H3,(H2,6,7). The molecule has 0 bridgehead atoms. The van der Waals surface area contributed by atoms with Crippen molar-refractivity contribution in [3.63, 3.8) is 0 Å². The molecule has 1 aliphatic rings. The zero-order chi connectivity index (χ0) is 5.98. The van der Waals surface area contributed by atoms with Crippen LogP contribution in [0, 0.1) is 0 Å². The lowest BCUT2D eigenvalue weighted by Crippen LogP contribution is -2.35. The molecule has 0 aromatic rings. The molecule has 0 aromatic heterocycles. The van der Waals surface area contributed by atoms with Gasteiger partial charge in [0.05, 0.1) is 0 Å². The van der Waals surface area contributed by atoms with Crippen molar-refractivity contribution < 1.29 is 0 Å². The van der Waals surface area contributed by atoms with Crippen molar-refractivity contribution >= 4 is 5.96 Å². The van der Waals surface area contributed by atoms with Crippen molar-refractivity contribution in [1.82, 2.24) is 4.90 Å². The van der Waals surface area contributed by atoms with Crippen LogP contribution in [-0.4, -0.2) is 24.5 Å². The third-order valence-electron chi connectivity index (χ3n) is 1.08. The fourth-order valence-electron chi connectivity index (χ4n) is 0.526. The number of nitrogens with two attached hydrogens (primary N) is 1. The van der Waals surface area contributed by atoms with Gasteiger partial charge in [0.1, 0.15) is 0 Å². The first-order valence-electron chi connectivity index (χ1n) is 2.50. The van der Waals surface area contributed by atoms with E-state index in [0.29, 0.717) is 5.96 Å². The van der Waals surface area contributed by atoms with Crippen LogP contribution in [0.3, 0.4) is 0 Å². The van der Waals surface area contributed by atoms with Crippen LogP contribution in [0.1, 0.15) is 0 Å². The molecule has 8 heavy (non-hydrogen) atoms. The Kier molecular flexibility index (Phi) is 1.20. The summed E-state index contributed by atoms with van der Waals surface area (Å²) in [5.74, 6) is 0.590. The number of rotatable bonds is 0. The summed E-state index contributed by atoms with van der Waals surface area (Å²) in [7, 11) is 1.91. The van der Waals surface area contributed by atoms with E-state index in [1.54, 1.807) is 6.20 Å². The summed E-state index contributed by atoms with van der Waals surface area (Å²) in [6.07, 6.45) is 3.67. The van der Waals surface area contributed by atoms with Crippen LogP contribution in [0.5, 0.6) is 0 Å². The molecule has 1 aliphatic heterocycles. The predicted octanol–water partition coefficient (Wildman–Crippen LogP) is -0.240. The van der Waals surface area contributed by atoms with E-state index in [1.165, 1.54) is 0 Å². The molecule has 0 saturated heterocycles. The summed E-state index contributed by atoms with van der Waals surface area (Å²) in [6.45, 7) is 0.870. The molecule has 1 heterocycles. The van der Waals surface area contributed by atoms with Crippen molar-refractivity contribution in [3.05, 3.63) is 12.3 Å². The van der Waals surface area contributed by atoms with E-state index < -0.39 is 0 Å². The Balaban J connectivity index is 2.66. The topological polar surface area (TPSA) is 41.6 Å². The van der Waals surface area contributed by atoms with E-state index in [-0.39, 0.29) is 0 Å². The first-order chi connectivity index (χ1) is 3.80. The van der Waals surface area contributed by atoms with E-state index >= 15 is 0 Å². The number of likely N-dealkylation sites (N-methyl/N-ethyl adjacent to an activating group) is 1. The lowest BCUT2D eigenvalue weighted by atomic mass is 10.5. The van der Waals surface area contributed by atoms with Crippen LogP contribution in [-0.2, 0) is 0 Å². The van der Waals surface area contributed by atoms with Crippen LogP contribution in [0.15, 0.2) is 17.3 Å². The lowest BCUT2D eigenvalue weighted by molar-refractivity contribution is 0.549. The Morgan fingerprint density at radius 3 is 3.00 bits per heavy atom. The third-order valence-corrected chi connectivity index (χ3v) is 1.08. The third kappa shape index (κ3) is 0.804.